The van der Waals surface area contributed by atoms with Gasteiger partial charge in [0.2, 0.25) is 5.13 Å². The molecule has 1 atom stereocenters. The van der Waals surface area contributed by atoms with Crippen LogP contribution in [-0.2, 0) is 6.42 Å². The van der Waals surface area contributed by atoms with Crippen LogP contribution in [0.2, 0.25) is 0 Å². The molecule has 1 amide bonds. The molecule has 0 aliphatic heterocycles. The number of benzene rings is 2. The van der Waals surface area contributed by atoms with Gasteiger partial charge in [0.1, 0.15) is 10.8 Å². The summed E-state index contributed by atoms with van der Waals surface area (Å²) in [4.78, 5) is 12.1. The Bertz CT molecular complexity index is 818. The van der Waals surface area contributed by atoms with Crippen LogP contribution in [0.1, 0.15) is 33.8 Å². The molecule has 122 valence electrons. The van der Waals surface area contributed by atoms with Crippen molar-refractivity contribution in [2.24, 2.45) is 0 Å². The zero-order chi connectivity index (χ0) is 16.9. The van der Waals surface area contributed by atoms with Crippen molar-refractivity contribution in [3.63, 3.8) is 0 Å². The number of aromatic nitrogens is 2. The molecule has 0 saturated heterocycles. The van der Waals surface area contributed by atoms with Gasteiger partial charge in [0.25, 0.3) is 5.91 Å². The molecule has 0 aliphatic carbocycles. The predicted octanol–water partition coefficient (Wildman–Crippen LogP) is 4.28. The molecule has 0 aliphatic rings. The van der Waals surface area contributed by atoms with E-state index in [1.165, 1.54) is 41.2 Å². The number of hydrogen-bond donors (Lipinski definition) is 1. The summed E-state index contributed by atoms with van der Waals surface area (Å²) in [6.45, 7) is 2.13. The van der Waals surface area contributed by atoms with Crippen molar-refractivity contribution in [1.82, 2.24) is 10.2 Å². The van der Waals surface area contributed by atoms with Gasteiger partial charge < -0.3 is 0 Å². The van der Waals surface area contributed by atoms with Crippen molar-refractivity contribution in [2.75, 3.05) is 5.32 Å². The lowest BCUT2D eigenvalue weighted by Gasteiger charge is -2.08. The summed E-state index contributed by atoms with van der Waals surface area (Å²) < 4.78 is 12.9. The Morgan fingerprint density at radius 3 is 2.54 bits per heavy atom. The Kier molecular flexibility index (Phi) is 4.96. The standard InChI is InChI=1S/C18H16FN3OS/c1-12(13-5-3-2-4-6-13)11-16-21-22-18(24-16)20-17(23)14-7-9-15(19)10-8-14/h2-10,12H,11H2,1H3,(H,20,22,23). The second-order valence-electron chi connectivity index (χ2n) is 5.48. The number of carbonyl (C=O) groups is 1. The highest BCUT2D eigenvalue weighted by molar-refractivity contribution is 7.15. The number of rotatable bonds is 5. The van der Waals surface area contributed by atoms with E-state index in [-0.39, 0.29) is 11.7 Å². The fraction of sp³-hybridized carbons (Fsp3) is 0.167. The maximum atomic E-state index is 12.9. The first kappa shape index (κ1) is 16.3. The minimum atomic E-state index is -0.375. The summed E-state index contributed by atoms with van der Waals surface area (Å²) in [6, 6.07) is 15.6. The van der Waals surface area contributed by atoms with Crippen molar-refractivity contribution >= 4 is 22.4 Å². The van der Waals surface area contributed by atoms with Crippen LogP contribution in [0.5, 0.6) is 0 Å². The molecule has 1 aromatic heterocycles. The van der Waals surface area contributed by atoms with Crippen LogP contribution in [0.3, 0.4) is 0 Å². The fourth-order valence-corrected chi connectivity index (χ4v) is 3.18. The van der Waals surface area contributed by atoms with E-state index in [0.29, 0.717) is 16.6 Å². The lowest BCUT2D eigenvalue weighted by Crippen LogP contribution is -2.11. The predicted molar refractivity (Wildman–Crippen MR) is 92.8 cm³/mol. The van der Waals surface area contributed by atoms with Gasteiger partial charge in [-0.1, -0.05) is 48.6 Å². The van der Waals surface area contributed by atoms with Gasteiger partial charge in [-0.05, 0) is 35.7 Å². The molecule has 0 bridgehead atoms. The maximum Gasteiger partial charge on any atom is 0.257 e. The summed E-state index contributed by atoms with van der Waals surface area (Å²) in [5.74, 6) is -0.381. The minimum Gasteiger partial charge on any atom is -0.296 e. The molecule has 4 nitrogen and oxygen atoms in total. The fourth-order valence-electron chi connectivity index (χ4n) is 2.32. The van der Waals surface area contributed by atoms with E-state index in [9.17, 15) is 9.18 Å². The first-order chi connectivity index (χ1) is 11.6. The topological polar surface area (TPSA) is 54.9 Å². The third kappa shape index (κ3) is 4.02. The van der Waals surface area contributed by atoms with E-state index in [4.69, 9.17) is 0 Å². The van der Waals surface area contributed by atoms with E-state index in [2.05, 4.69) is 34.6 Å². The maximum absolute atomic E-state index is 12.9. The van der Waals surface area contributed by atoms with Gasteiger partial charge in [0.15, 0.2) is 0 Å². The average molecular weight is 341 g/mol. The molecule has 0 saturated carbocycles. The first-order valence-electron chi connectivity index (χ1n) is 7.56. The molecule has 6 heteroatoms. The number of hydrogen-bond acceptors (Lipinski definition) is 4. The molecule has 0 spiro atoms. The second kappa shape index (κ2) is 7.31. The van der Waals surface area contributed by atoms with Crippen molar-refractivity contribution in [1.29, 1.82) is 0 Å². The van der Waals surface area contributed by atoms with Crippen LogP contribution in [0.15, 0.2) is 54.6 Å². The number of anilines is 1. The molecule has 1 N–H and O–H groups in total. The molecule has 0 radical (unpaired) electrons. The summed E-state index contributed by atoms with van der Waals surface area (Å²) in [6.07, 6.45) is 0.758. The van der Waals surface area contributed by atoms with Crippen LogP contribution in [0, 0.1) is 5.82 Å². The highest BCUT2D eigenvalue weighted by atomic mass is 32.1. The Morgan fingerprint density at radius 2 is 1.83 bits per heavy atom. The molecule has 24 heavy (non-hydrogen) atoms. The van der Waals surface area contributed by atoms with Gasteiger partial charge in [-0.3, -0.25) is 10.1 Å². The molecule has 2 aromatic carbocycles. The molecule has 0 fully saturated rings. The quantitative estimate of drug-likeness (QED) is 0.754. The molecule has 3 rings (SSSR count). The number of carbonyl (C=O) groups excluding carboxylic acids is 1. The van der Waals surface area contributed by atoms with Crippen LogP contribution in [-0.4, -0.2) is 16.1 Å². The van der Waals surface area contributed by atoms with Crippen molar-refractivity contribution in [2.45, 2.75) is 19.3 Å². The van der Waals surface area contributed by atoms with Crippen molar-refractivity contribution in [3.8, 4) is 0 Å². The van der Waals surface area contributed by atoms with Gasteiger partial charge in [0.05, 0.1) is 0 Å². The Morgan fingerprint density at radius 1 is 1.12 bits per heavy atom. The molecule has 1 unspecified atom stereocenters. The number of amides is 1. The van der Waals surface area contributed by atoms with Crippen LogP contribution in [0.25, 0.3) is 0 Å². The third-order valence-corrected chi connectivity index (χ3v) is 4.50. The van der Waals surface area contributed by atoms with Crippen LogP contribution >= 0.6 is 11.3 Å². The summed E-state index contributed by atoms with van der Waals surface area (Å²) in [5, 5.41) is 12.1. The van der Waals surface area contributed by atoms with E-state index < -0.39 is 0 Å². The lowest BCUT2D eigenvalue weighted by atomic mass is 9.98. The summed E-state index contributed by atoms with van der Waals surface area (Å²) in [7, 11) is 0. The summed E-state index contributed by atoms with van der Waals surface area (Å²) in [5.41, 5.74) is 1.62. The van der Waals surface area contributed by atoms with E-state index in [1.54, 1.807) is 0 Å². The Labute approximate surface area is 143 Å². The van der Waals surface area contributed by atoms with Crippen molar-refractivity contribution in [3.05, 3.63) is 76.5 Å². The average Bonchev–Trinajstić information content (AvgIpc) is 3.03. The van der Waals surface area contributed by atoms with E-state index in [0.717, 1.165) is 11.4 Å². The Hall–Kier alpha value is -2.60. The van der Waals surface area contributed by atoms with Gasteiger partial charge in [-0.2, -0.15) is 0 Å². The molecule has 3 aromatic rings. The van der Waals surface area contributed by atoms with Crippen LogP contribution in [0.4, 0.5) is 9.52 Å². The highest BCUT2D eigenvalue weighted by Crippen LogP contribution is 2.24. The lowest BCUT2D eigenvalue weighted by molar-refractivity contribution is 0.102. The SMILES string of the molecule is CC(Cc1nnc(NC(=O)c2ccc(F)cc2)s1)c1ccccc1. The van der Waals surface area contributed by atoms with Gasteiger partial charge in [-0.25, -0.2) is 4.39 Å². The number of halogens is 1. The normalized spacial score (nSPS) is 11.9. The number of nitrogens with one attached hydrogen (secondary N) is 1. The van der Waals surface area contributed by atoms with Crippen molar-refractivity contribution < 1.29 is 9.18 Å². The first-order valence-corrected chi connectivity index (χ1v) is 8.37. The van der Waals surface area contributed by atoms with E-state index in [1.807, 2.05) is 18.2 Å². The third-order valence-electron chi connectivity index (χ3n) is 3.64. The van der Waals surface area contributed by atoms with Gasteiger partial charge in [-0.15, -0.1) is 10.2 Å². The largest absolute Gasteiger partial charge is 0.296 e. The molecular weight excluding hydrogens is 325 g/mol. The van der Waals surface area contributed by atoms with E-state index >= 15 is 0 Å². The monoisotopic (exact) mass is 341 g/mol. The molecular formula is C18H16FN3OS. The summed E-state index contributed by atoms with van der Waals surface area (Å²) >= 11 is 1.35. The zero-order valence-corrected chi connectivity index (χ0v) is 13.9. The minimum absolute atomic E-state index is 0.319. The highest BCUT2D eigenvalue weighted by Gasteiger charge is 2.13. The Balaban J connectivity index is 1.63. The van der Waals surface area contributed by atoms with Crippen LogP contribution < -0.4 is 5.32 Å². The second-order valence-corrected chi connectivity index (χ2v) is 6.54. The zero-order valence-electron chi connectivity index (χ0n) is 13.1. The molecule has 1 heterocycles. The van der Waals surface area contributed by atoms with Gasteiger partial charge >= 0.3 is 0 Å². The smallest absolute Gasteiger partial charge is 0.257 e. The number of nitrogens with zero attached hydrogens (tertiary/aromatic N) is 2. The van der Waals surface area contributed by atoms with Gasteiger partial charge in [0, 0.05) is 12.0 Å².